The molecule has 0 aliphatic heterocycles. The lowest BCUT2D eigenvalue weighted by atomic mass is 9.85. The summed E-state index contributed by atoms with van der Waals surface area (Å²) >= 11 is 0. The molecule has 2 N–H and O–H groups in total. The Labute approximate surface area is 243 Å². The Morgan fingerprint density at radius 3 is 2.07 bits per heavy atom. The zero-order valence-corrected chi connectivity index (χ0v) is 24.3. The van der Waals surface area contributed by atoms with Gasteiger partial charge in [0.25, 0.3) is 0 Å². The molecule has 0 aliphatic carbocycles. The summed E-state index contributed by atoms with van der Waals surface area (Å²) in [5.74, 6) is -1.88. The lowest BCUT2D eigenvalue weighted by Crippen LogP contribution is -2.52. The van der Waals surface area contributed by atoms with Crippen molar-refractivity contribution in [2.45, 2.75) is 58.4 Å². The first kappa shape index (κ1) is 31.4. The van der Waals surface area contributed by atoms with Crippen LogP contribution in [0.25, 0.3) is 11.1 Å². The van der Waals surface area contributed by atoms with E-state index < -0.39 is 24.0 Å². The van der Waals surface area contributed by atoms with Gasteiger partial charge in [-0.05, 0) is 41.0 Å². The predicted octanol–water partition coefficient (Wildman–Crippen LogP) is 6.53. The van der Waals surface area contributed by atoms with Crippen molar-refractivity contribution >= 4 is 18.0 Å². The molecule has 3 aromatic rings. The molecule has 0 spiro atoms. The molecule has 3 rings (SSSR count). The molecule has 0 saturated carbocycles. The quantitative estimate of drug-likeness (QED) is 0.163. The molecule has 7 heteroatoms. The molecule has 0 aromatic heterocycles. The van der Waals surface area contributed by atoms with Crippen LogP contribution in [0.3, 0.4) is 0 Å². The van der Waals surface area contributed by atoms with Gasteiger partial charge >= 0.3 is 18.0 Å². The average molecular weight is 559 g/mol. The van der Waals surface area contributed by atoms with Gasteiger partial charge in [-0.1, -0.05) is 112 Å². The largest absolute Gasteiger partial charge is 0.480 e. The Morgan fingerprint density at radius 1 is 0.878 bits per heavy atom. The second-order valence-corrected chi connectivity index (χ2v) is 10.7. The smallest absolute Gasteiger partial charge is 0.326 e. The summed E-state index contributed by atoms with van der Waals surface area (Å²) in [6.45, 7) is 6.86. The predicted molar refractivity (Wildman–Crippen MR) is 162 cm³/mol. The highest BCUT2D eigenvalue weighted by atomic mass is 16.5. The van der Waals surface area contributed by atoms with E-state index in [4.69, 9.17) is 4.74 Å². The normalized spacial score (nSPS) is 12.4. The van der Waals surface area contributed by atoms with E-state index in [0.29, 0.717) is 19.6 Å². The van der Waals surface area contributed by atoms with E-state index in [1.165, 1.54) is 4.90 Å². The molecule has 41 heavy (non-hydrogen) atoms. The standard InChI is InChI=1S/C34H42N2O5/c1-4-5-22-41-31(37)20-21-36(24-25(2)3)34(40)35-32(33(38)39)30(23-26-12-8-6-9-13-26)29-18-16-28(17-19-29)27-14-10-7-11-15-27/h6-19,25,30,32H,4-5,20-24H2,1-3H3,(H,35,40)(H,38,39)/t30?,32-/m0/s1. The third-order valence-corrected chi connectivity index (χ3v) is 6.91. The lowest BCUT2D eigenvalue weighted by Gasteiger charge is -2.30. The highest BCUT2D eigenvalue weighted by molar-refractivity contribution is 5.84. The lowest BCUT2D eigenvalue weighted by molar-refractivity contribution is -0.144. The third-order valence-electron chi connectivity index (χ3n) is 6.91. The van der Waals surface area contributed by atoms with Crippen LogP contribution in [0.15, 0.2) is 84.9 Å². The fraction of sp³-hybridized carbons (Fsp3) is 0.382. The highest BCUT2D eigenvalue weighted by Gasteiger charge is 2.33. The summed E-state index contributed by atoms with van der Waals surface area (Å²) < 4.78 is 5.25. The Balaban J connectivity index is 1.84. The van der Waals surface area contributed by atoms with E-state index in [1.54, 1.807) is 0 Å². The molecule has 0 bridgehead atoms. The molecule has 0 radical (unpaired) electrons. The van der Waals surface area contributed by atoms with E-state index in [-0.39, 0.29) is 24.9 Å². The first-order chi connectivity index (χ1) is 19.8. The second kappa shape index (κ2) is 16.2. The molecule has 0 heterocycles. The van der Waals surface area contributed by atoms with Crippen LogP contribution in [0, 0.1) is 5.92 Å². The Hall–Kier alpha value is -4.13. The van der Waals surface area contributed by atoms with Crippen LogP contribution in [0.1, 0.15) is 57.1 Å². The molecule has 0 aliphatic rings. The molecule has 218 valence electrons. The molecule has 2 amide bonds. The van der Waals surface area contributed by atoms with Gasteiger partial charge in [-0.3, -0.25) is 4.79 Å². The first-order valence-electron chi connectivity index (χ1n) is 14.4. The van der Waals surface area contributed by atoms with Crippen LogP contribution in [-0.4, -0.2) is 53.7 Å². The number of carbonyl (C=O) groups excluding carboxylic acids is 2. The number of hydrogen-bond donors (Lipinski definition) is 2. The van der Waals surface area contributed by atoms with Gasteiger partial charge in [-0.15, -0.1) is 0 Å². The van der Waals surface area contributed by atoms with Gasteiger partial charge in [0.2, 0.25) is 0 Å². The van der Waals surface area contributed by atoms with Crippen molar-refractivity contribution in [3.05, 3.63) is 96.1 Å². The number of esters is 1. The van der Waals surface area contributed by atoms with E-state index in [1.807, 2.05) is 106 Å². The molecule has 0 fully saturated rings. The van der Waals surface area contributed by atoms with Crippen molar-refractivity contribution in [3.8, 4) is 11.1 Å². The number of rotatable bonds is 15. The van der Waals surface area contributed by atoms with Crippen LogP contribution < -0.4 is 5.32 Å². The summed E-state index contributed by atoms with van der Waals surface area (Å²) in [7, 11) is 0. The summed E-state index contributed by atoms with van der Waals surface area (Å²) in [6.07, 6.45) is 2.19. The molecule has 3 aromatic carbocycles. The SMILES string of the molecule is CCCCOC(=O)CCN(CC(C)C)C(=O)N[C@H](C(=O)O)C(Cc1ccccc1)c1ccc(-c2ccccc2)cc1. The van der Waals surface area contributed by atoms with Crippen molar-refractivity contribution in [3.63, 3.8) is 0 Å². The van der Waals surface area contributed by atoms with E-state index in [2.05, 4.69) is 5.32 Å². The van der Waals surface area contributed by atoms with E-state index in [0.717, 1.165) is 35.1 Å². The maximum Gasteiger partial charge on any atom is 0.326 e. The number of hydrogen-bond acceptors (Lipinski definition) is 4. The summed E-state index contributed by atoms with van der Waals surface area (Å²) in [4.78, 5) is 39.9. The number of carboxylic acids is 1. The molecule has 7 nitrogen and oxygen atoms in total. The minimum absolute atomic E-state index is 0.0516. The van der Waals surface area contributed by atoms with Gasteiger partial charge in [0.15, 0.2) is 0 Å². The Morgan fingerprint density at radius 2 is 1.49 bits per heavy atom. The number of amides is 2. The Bertz CT molecular complexity index is 1230. The first-order valence-corrected chi connectivity index (χ1v) is 14.4. The van der Waals surface area contributed by atoms with Gasteiger partial charge < -0.3 is 20.1 Å². The van der Waals surface area contributed by atoms with Crippen LogP contribution in [-0.2, 0) is 20.7 Å². The molecular formula is C34H42N2O5. The zero-order valence-electron chi connectivity index (χ0n) is 24.3. The summed E-state index contributed by atoms with van der Waals surface area (Å²) in [6, 6.07) is 25.8. The van der Waals surface area contributed by atoms with Crippen molar-refractivity contribution in [2.24, 2.45) is 5.92 Å². The Kier molecular flexibility index (Phi) is 12.4. The fourth-order valence-electron chi connectivity index (χ4n) is 4.75. The van der Waals surface area contributed by atoms with E-state index >= 15 is 0 Å². The van der Waals surface area contributed by atoms with Crippen molar-refractivity contribution in [2.75, 3.05) is 19.7 Å². The van der Waals surface area contributed by atoms with Gasteiger partial charge in [0, 0.05) is 19.0 Å². The monoisotopic (exact) mass is 558 g/mol. The number of carboxylic acid groups (broad SMARTS) is 1. The summed E-state index contributed by atoms with van der Waals surface area (Å²) in [5.41, 5.74) is 3.88. The van der Waals surface area contributed by atoms with Crippen LogP contribution in [0.5, 0.6) is 0 Å². The van der Waals surface area contributed by atoms with Crippen LogP contribution in [0.4, 0.5) is 4.79 Å². The number of ether oxygens (including phenoxy) is 1. The maximum atomic E-state index is 13.5. The zero-order chi connectivity index (χ0) is 29.6. The molecule has 2 atom stereocenters. The average Bonchev–Trinajstić information content (AvgIpc) is 2.98. The van der Waals surface area contributed by atoms with Gasteiger partial charge in [-0.25, -0.2) is 9.59 Å². The minimum Gasteiger partial charge on any atom is -0.480 e. The third kappa shape index (κ3) is 10.1. The number of benzene rings is 3. The van der Waals surface area contributed by atoms with Crippen molar-refractivity contribution in [1.82, 2.24) is 10.2 Å². The number of carbonyl (C=O) groups is 3. The van der Waals surface area contributed by atoms with Crippen LogP contribution in [0.2, 0.25) is 0 Å². The maximum absolute atomic E-state index is 13.5. The number of nitrogens with one attached hydrogen (secondary N) is 1. The number of aliphatic carboxylic acids is 1. The van der Waals surface area contributed by atoms with Crippen molar-refractivity contribution < 1.29 is 24.2 Å². The number of nitrogens with zero attached hydrogens (tertiary/aromatic N) is 1. The topological polar surface area (TPSA) is 95.9 Å². The highest BCUT2D eigenvalue weighted by Crippen LogP contribution is 2.28. The number of unbranched alkanes of at least 4 members (excludes halogenated alkanes) is 1. The van der Waals surface area contributed by atoms with Gasteiger partial charge in [-0.2, -0.15) is 0 Å². The van der Waals surface area contributed by atoms with Gasteiger partial charge in [0.05, 0.1) is 13.0 Å². The van der Waals surface area contributed by atoms with Gasteiger partial charge in [0.1, 0.15) is 6.04 Å². The van der Waals surface area contributed by atoms with Crippen LogP contribution >= 0.6 is 0 Å². The van der Waals surface area contributed by atoms with E-state index in [9.17, 15) is 19.5 Å². The molecule has 0 saturated heterocycles. The molecular weight excluding hydrogens is 516 g/mol. The fourth-order valence-corrected chi connectivity index (χ4v) is 4.75. The summed E-state index contributed by atoms with van der Waals surface area (Å²) in [5, 5.41) is 13.2. The minimum atomic E-state index is -1.18. The van der Waals surface area contributed by atoms with Crippen molar-refractivity contribution in [1.29, 1.82) is 0 Å². The molecule has 1 unspecified atom stereocenters. The number of urea groups is 1. The second-order valence-electron chi connectivity index (χ2n) is 10.7.